The lowest BCUT2D eigenvalue weighted by molar-refractivity contribution is -0.121. The van der Waals surface area contributed by atoms with E-state index in [9.17, 15) is 9.90 Å². The molecular formula is C17H29N3O2S. The first-order valence-electron chi connectivity index (χ1n) is 8.76. The molecule has 23 heavy (non-hydrogen) atoms. The van der Waals surface area contributed by atoms with Gasteiger partial charge in [-0.1, -0.05) is 50.9 Å². The number of rotatable bonds is 7. The Hall–Kier alpha value is -1.30. The smallest absolute Gasteiger partial charge is 0.227 e. The summed E-state index contributed by atoms with van der Waals surface area (Å²) in [6.45, 7) is 4.60. The second-order valence-electron chi connectivity index (χ2n) is 6.80. The second-order valence-corrected chi connectivity index (χ2v) is 7.88. The van der Waals surface area contributed by atoms with E-state index in [-0.39, 0.29) is 11.8 Å². The molecule has 0 atom stereocenters. The van der Waals surface area contributed by atoms with Crippen LogP contribution < -0.4 is 10.6 Å². The molecular weight excluding hydrogens is 310 g/mol. The molecule has 3 N–H and O–H groups in total. The van der Waals surface area contributed by atoms with Crippen molar-refractivity contribution in [3.8, 4) is 5.88 Å². The summed E-state index contributed by atoms with van der Waals surface area (Å²) in [5.41, 5.74) is 0. The first-order chi connectivity index (χ1) is 11.0. The summed E-state index contributed by atoms with van der Waals surface area (Å²) in [7, 11) is 0. The van der Waals surface area contributed by atoms with Gasteiger partial charge in [-0.3, -0.25) is 4.79 Å². The molecule has 0 spiro atoms. The third kappa shape index (κ3) is 6.37. The van der Waals surface area contributed by atoms with Gasteiger partial charge in [0.2, 0.25) is 11.8 Å². The van der Waals surface area contributed by atoms with Crippen molar-refractivity contribution in [2.75, 3.05) is 11.9 Å². The molecule has 0 unspecified atom stereocenters. The lowest BCUT2D eigenvalue weighted by Crippen LogP contribution is -2.26. The van der Waals surface area contributed by atoms with Crippen LogP contribution in [0.15, 0.2) is 0 Å². The van der Waals surface area contributed by atoms with Crippen molar-refractivity contribution in [2.45, 2.75) is 71.3 Å². The lowest BCUT2D eigenvalue weighted by atomic mass is 10.1. The van der Waals surface area contributed by atoms with E-state index >= 15 is 0 Å². The summed E-state index contributed by atoms with van der Waals surface area (Å²) in [4.78, 5) is 16.7. The first kappa shape index (κ1) is 18.0. The van der Waals surface area contributed by atoms with E-state index in [1.807, 2.05) is 13.8 Å². The Bertz CT molecular complexity index is 494. The summed E-state index contributed by atoms with van der Waals surface area (Å²) in [5, 5.41) is 17.1. The zero-order chi connectivity index (χ0) is 16.7. The molecule has 1 aliphatic rings. The molecule has 1 amide bonds. The molecule has 1 aromatic rings. The minimum atomic E-state index is 0.0702. The number of aromatic hydroxyl groups is 1. The molecule has 0 radical (unpaired) electrons. The molecule has 2 rings (SSSR count). The molecule has 1 saturated carbocycles. The molecule has 1 aliphatic carbocycles. The van der Waals surface area contributed by atoms with Crippen molar-refractivity contribution >= 4 is 22.4 Å². The maximum absolute atomic E-state index is 11.6. The molecule has 1 fully saturated rings. The van der Waals surface area contributed by atoms with E-state index in [1.165, 1.54) is 49.9 Å². The van der Waals surface area contributed by atoms with Gasteiger partial charge in [0.25, 0.3) is 0 Å². The van der Waals surface area contributed by atoms with E-state index < -0.39 is 0 Å². The summed E-state index contributed by atoms with van der Waals surface area (Å²) in [6, 6.07) is 0.474. The van der Waals surface area contributed by atoms with Crippen molar-refractivity contribution in [3.05, 3.63) is 4.88 Å². The van der Waals surface area contributed by atoms with Gasteiger partial charge >= 0.3 is 0 Å². The van der Waals surface area contributed by atoms with E-state index in [0.29, 0.717) is 31.3 Å². The normalized spacial score (nSPS) is 16.3. The molecule has 1 heterocycles. The van der Waals surface area contributed by atoms with E-state index in [1.54, 1.807) is 0 Å². The maximum Gasteiger partial charge on any atom is 0.227 e. The van der Waals surface area contributed by atoms with E-state index in [2.05, 4.69) is 15.6 Å². The highest BCUT2D eigenvalue weighted by Crippen LogP contribution is 2.30. The van der Waals surface area contributed by atoms with Crippen LogP contribution in [0.25, 0.3) is 0 Å². The lowest BCUT2D eigenvalue weighted by Gasteiger charge is -2.14. The van der Waals surface area contributed by atoms with Crippen molar-refractivity contribution in [3.63, 3.8) is 0 Å². The Kier molecular flexibility index (Phi) is 7.15. The van der Waals surface area contributed by atoms with Gasteiger partial charge in [0, 0.05) is 25.4 Å². The zero-order valence-electron chi connectivity index (χ0n) is 14.2. The number of hydrogen-bond acceptors (Lipinski definition) is 5. The minimum Gasteiger partial charge on any atom is -0.492 e. The van der Waals surface area contributed by atoms with Crippen LogP contribution in [0, 0.1) is 5.92 Å². The number of aromatic nitrogens is 1. The van der Waals surface area contributed by atoms with Crippen molar-refractivity contribution in [2.24, 2.45) is 5.92 Å². The molecule has 5 nitrogen and oxygen atoms in total. The quantitative estimate of drug-likeness (QED) is 0.662. The molecule has 130 valence electrons. The summed E-state index contributed by atoms with van der Waals surface area (Å²) in [6.07, 6.45) is 8.71. The first-order valence-corrected chi connectivity index (χ1v) is 9.58. The standard InChI is InChI=1S/C17H29N3O2S/c1-12(2)11-15(21)18-10-9-14-16(22)20-17(23-14)19-13-7-5-3-4-6-8-13/h12-13,22H,3-11H2,1-2H3,(H,18,21)(H,19,20). The Labute approximate surface area is 142 Å². The van der Waals surface area contributed by atoms with Crippen LogP contribution in [0.2, 0.25) is 0 Å². The SMILES string of the molecule is CC(C)CC(=O)NCCc1sc(NC2CCCCCC2)nc1O. The van der Waals surface area contributed by atoms with Gasteiger partial charge in [-0.25, -0.2) is 0 Å². The Morgan fingerprint density at radius 3 is 2.65 bits per heavy atom. The van der Waals surface area contributed by atoms with Gasteiger partial charge in [-0.15, -0.1) is 0 Å². The predicted molar refractivity (Wildman–Crippen MR) is 95.1 cm³/mol. The average molecular weight is 340 g/mol. The topological polar surface area (TPSA) is 74.2 Å². The van der Waals surface area contributed by atoms with Crippen LogP contribution in [0.5, 0.6) is 5.88 Å². The Morgan fingerprint density at radius 2 is 2.00 bits per heavy atom. The van der Waals surface area contributed by atoms with Crippen LogP contribution in [-0.2, 0) is 11.2 Å². The van der Waals surface area contributed by atoms with Crippen molar-refractivity contribution < 1.29 is 9.90 Å². The fourth-order valence-corrected chi connectivity index (χ4v) is 3.86. The molecule has 0 saturated heterocycles. The highest BCUT2D eigenvalue weighted by molar-refractivity contribution is 7.15. The molecule has 6 heteroatoms. The van der Waals surface area contributed by atoms with Crippen LogP contribution in [0.1, 0.15) is 63.7 Å². The summed E-state index contributed by atoms with van der Waals surface area (Å²) in [5.74, 6) is 0.534. The zero-order valence-corrected chi connectivity index (χ0v) is 15.0. The largest absolute Gasteiger partial charge is 0.492 e. The highest BCUT2D eigenvalue weighted by Gasteiger charge is 2.16. The van der Waals surface area contributed by atoms with Crippen molar-refractivity contribution in [1.82, 2.24) is 10.3 Å². The number of carbonyl (C=O) groups excluding carboxylic acids is 1. The molecule has 0 aromatic carbocycles. The van der Waals surface area contributed by atoms with E-state index in [4.69, 9.17) is 0 Å². The number of nitrogens with zero attached hydrogens (tertiary/aromatic N) is 1. The fraction of sp³-hybridized carbons (Fsp3) is 0.765. The monoisotopic (exact) mass is 339 g/mol. The summed E-state index contributed by atoms with van der Waals surface area (Å²) < 4.78 is 0. The van der Waals surface area contributed by atoms with Gasteiger partial charge in [0.05, 0.1) is 4.88 Å². The number of thiazole rings is 1. The third-order valence-corrected chi connectivity index (χ3v) is 5.16. The van der Waals surface area contributed by atoms with Gasteiger partial charge in [0.15, 0.2) is 5.13 Å². The van der Waals surface area contributed by atoms with Gasteiger partial charge in [-0.2, -0.15) is 4.98 Å². The van der Waals surface area contributed by atoms with Gasteiger partial charge < -0.3 is 15.7 Å². The van der Waals surface area contributed by atoms with Crippen LogP contribution >= 0.6 is 11.3 Å². The minimum absolute atomic E-state index is 0.0702. The number of carbonyl (C=O) groups is 1. The van der Waals surface area contributed by atoms with Crippen LogP contribution in [0.4, 0.5) is 5.13 Å². The number of anilines is 1. The van der Waals surface area contributed by atoms with Crippen molar-refractivity contribution in [1.29, 1.82) is 0 Å². The Balaban J connectivity index is 1.79. The van der Waals surface area contributed by atoms with E-state index in [0.717, 1.165) is 10.0 Å². The molecule has 1 aromatic heterocycles. The molecule has 0 aliphatic heterocycles. The third-order valence-electron chi connectivity index (χ3n) is 4.13. The number of amides is 1. The number of nitrogens with one attached hydrogen (secondary N) is 2. The predicted octanol–water partition coefficient (Wildman–Crippen LogP) is 3.69. The second kappa shape index (κ2) is 9.11. The maximum atomic E-state index is 11.6. The Morgan fingerprint density at radius 1 is 1.30 bits per heavy atom. The fourth-order valence-electron chi connectivity index (χ4n) is 2.93. The number of hydrogen-bond donors (Lipinski definition) is 3. The van der Waals surface area contributed by atoms with Crippen LogP contribution in [0.3, 0.4) is 0 Å². The average Bonchev–Trinajstić information content (AvgIpc) is 2.67. The molecule has 0 bridgehead atoms. The highest BCUT2D eigenvalue weighted by atomic mass is 32.1. The van der Waals surface area contributed by atoms with Crippen LogP contribution in [-0.4, -0.2) is 28.6 Å². The van der Waals surface area contributed by atoms with Gasteiger partial charge in [-0.05, 0) is 18.8 Å². The van der Waals surface area contributed by atoms with Gasteiger partial charge in [0.1, 0.15) is 0 Å². The summed E-state index contributed by atoms with van der Waals surface area (Å²) >= 11 is 1.50.